The molecule has 2 aliphatic heterocycles. The van der Waals surface area contributed by atoms with Gasteiger partial charge in [0.1, 0.15) is 42.1 Å². The van der Waals surface area contributed by atoms with Gasteiger partial charge >= 0.3 is 0 Å². The average molecular weight is 342 g/mol. The Kier molecular flexibility index (Phi) is 6.42. The molecule has 0 aliphatic carbocycles. The molecule has 0 saturated carbocycles. The summed E-state index contributed by atoms with van der Waals surface area (Å²) < 4.78 is 10.5. The van der Waals surface area contributed by atoms with E-state index in [1.165, 1.54) is 0 Å². The minimum atomic E-state index is -1.50. The summed E-state index contributed by atoms with van der Waals surface area (Å²) in [7, 11) is 0. The van der Waals surface area contributed by atoms with E-state index in [0.29, 0.717) is 0 Å². The second kappa shape index (κ2) is 7.71. The van der Waals surface area contributed by atoms with Crippen molar-refractivity contribution < 1.29 is 45.2 Å². The summed E-state index contributed by atoms with van der Waals surface area (Å²) in [6, 6.07) is 0. The molecule has 0 radical (unpaired) electrons. The van der Waals surface area contributed by atoms with Crippen molar-refractivity contribution in [2.24, 2.45) is 0 Å². The molecular formula is C12H22O9S. The topological polar surface area (TPSA) is 160 Å². The molecule has 2 fully saturated rings. The average Bonchev–Trinajstić information content (AvgIpc) is 2.52. The predicted octanol–water partition coefficient (Wildman–Crippen LogP) is -4.00. The fourth-order valence-electron chi connectivity index (χ4n) is 2.49. The van der Waals surface area contributed by atoms with Crippen LogP contribution in [0.4, 0.5) is 0 Å². The first kappa shape index (κ1) is 18.3. The van der Waals surface area contributed by atoms with Crippen LogP contribution in [0.25, 0.3) is 0 Å². The van der Waals surface area contributed by atoms with Crippen molar-refractivity contribution in [2.45, 2.75) is 53.4 Å². The zero-order valence-corrected chi connectivity index (χ0v) is 12.5. The van der Waals surface area contributed by atoms with E-state index >= 15 is 0 Å². The van der Waals surface area contributed by atoms with Crippen LogP contribution in [0.5, 0.6) is 0 Å². The van der Waals surface area contributed by atoms with Crippen molar-refractivity contribution in [1.29, 1.82) is 0 Å². The van der Waals surface area contributed by atoms with E-state index in [1.54, 1.807) is 0 Å². The Bertz CT molecular complexity index is 357. The molecule has 2 aliphatic rings. The van der Waals surface area contributed by atoms with E-state index in [1.807, 2.05) is 0 Å². The van der Waals surface area contributed by atoms with Crippen LogP contribution in [0.2, 0.25) is 0 Å². The van der Waals surface area contributed by atoms with E-state index < -0.39 is 66.6 Å². The molecule has 0 aromatic carbocycles. The first-order valence-corrected chi connectivity index (χ1v) is 7.89. The first-order chi connectivity index (χ1) is 10.4. The van der Waals surface area contributed by atoms with Crippen molar-refractivity contribution in [2.75, 3.05) is 19.8 Å². The summed E-state index contributed by atoms with van der Waals surface area (Å²) in [6.45, 7) is -0.972. The van der Waals surface area contributed by atoms with Crippen LogP contribution in [-0.4, -0.2) is 109 Å². The van der Waals surface area contributed by atoms with Crippen molar-refractivity contribution in [3.63, 3.8) is 0 Å². The van der Waals surface area contributed by atoms with E-state index in [-0.39, 0.29) is 6.61 Å². The first-order valence-electron chi connectivity index (χ1n) is 6.95. The second-order valence-electron chi connectivity index (χ2n) is 5.41. The molecule has 9 nitrogen and oxygen atoms in total. The second-order valence-corrected chi connectivity index (χ2v) is 6.75. The summed E-state index contributed by atoms with van der Waals surface area (Å²) in [5, 5.41) is 66.7. The fraction of sp³-hybridized carbons (Fsp3) is 1.00. The number of aliphatic hydroxyl groups excluding tert-OH is 7. The third-order valence-electron chi connectivity index (χ3n) is 3.92. The van der Waals surface area contributed by atoms with E-state index in [4.69, 9.17) is 19.7 Å². The monoisotopic (exact) mass is 342 g/mol. The van der Waals surface area contributed by atoms with Gasteiger partial charge in [-0.3, -0.25) is 0 Å². The Morgan fingerprint density at radius 2 is 1.36 bits per heavy atom. The van der Waals surface area contributed by atoms with Crippen LogP contribution < -0.4 is 0 Å². The van der Waals surface area contributed by atoms with Gasteiger partial charge in [0.2, 0.25) is 0 Å². The molecule has 0 aromatic rings. The molecular weight excluding hydrogens is 320 g/mol. The molecule has 2 rings (SSSR count). The maximum Gasteiger partial charge on any atom is 0.132 e. The van der Waals surface area contributed by atoms with Crippen LogP contribution >= 0.6 is 11.8 Å². The largest absolute Gasteiger partial charge is 0.394 e. The number of rotatable bonds is 4. The van der Waals surface area contributed by atoms with Crippen molar-refractivity contribution in [1.82, 2.24) is 0 Å². The van der Waals surface area contributed by atoms with Gasteiger partial charge in [0.05, 0.1) is 31.2 Å². The maximum absolute atomic E-state index is 10.0. The SMILES string of the molecule is OC[C@H]1O[C@@H](S[C@@H]2CO[C@H](CO)[C@H](O)[C@@H]2O)[C@H](O)[C@@H](O)[C@H]1O. The minimum absolute atomic E-state index is 0.00312. The lowest BCUT2D eigenvalue weighted by Crippen LogP contribution is -2.59. The number of thioether (sulfide) groups is 1. The molecule has 0 spiro atoms. The third-order valence-corrected chi connectivity index (χ3v) is 5.35. The van der Waals surface area contributed by atoms with Gasteiger partial charge in [0.15, 0.2) is 0 Å². The minimum Gasteiger partial charge on any atom is -0.394 e. The van der Waals surface area contributed by atoms with Crippen LogP contribution in [-0.2, 0) is 9.47 Å². The molecule has 9 atom stereocenters. The lowest BCUT2D eigenvalue weighted by molar-refractivity contribution is -0.206. The predicted molar refractivity (Wildman–Crippen MR) is 74.0 cm³/mol. The van der Waals surface area contributed by atoms with E-state index in [9.17, 15) is 25.5 Å². The van der Waals surface area contributed by atoms with Gasteiger partial charge < -0.3 is 45.2 Å². The van der Waals surface area contributed by atoms with Gasteiger partial charge in [-0.1, -0.05) is 0 Å². The molecule has 0 unspecified atom stereocenters. The fourth-order valence-corrected chi connectivity index (χ4v) is 3.84. The van der Waals surface area contributed by atoms with Gasteiger partial charge in [-0.05, 0) is 0 Å². The molecule has 2 heterocycles. The molecule has 22 heavy (non-hydrogen) atoms. The number of aliphatic hydroxyl groups is 7. The summed E-state index contributed by atoms with van der Waals surface area (Å²) in [4.78, 5) is 0. The van der Waals surface area contributed by atoms with E-state index in [0.717, 1.165) is 11.8 Å². The molecule has 130 valence electrons. The Hall–Kier alpha value is -0.0100. The number of ether oxygens (including phenoxy) is 2. The smallest absolute Gasteiger partial charge is 0.132 e. The van der Waals surface area contributed by atoms with Gasteiger partial charge in [-0.15, -0.1) is 11.8 Å². The highest BCUT2D eigenvalue weighted by Crippen LogP contribution is 2.34. The molecule has 0 aromatic heterocycles. The highest BCUT2D eigenvalue weighted by atomic mass is 32.2. The zero-order chi connectivity index (χ0) is 16.4. The summed E-state index contributed by atoms with van der Waals surface area (Å²) in [6.07, 6.45) is -8.81. The highest BCUT2D eigenvalue weighted by molar-refractivity contribution is 8.00. The summed E-state index contributed by atoms with van der Waals surface area (Å²) in [5.74, 6) is 0. The normalized spacial score (nSPS) is 50.0. The van der Waals surface area contributed by atoms with Gasteiger partial charge in [0.25, 0.3) is 0 Å². The summed E-state index contributed by atoms with van der Waals surface area (Å²) >= 11 is 0.928. The van der Waals surface area contributed by atoms with Crippen LogP contribution in [0.3, 0.4) is 0 Å². The quantitative estimate of drug-likeness (QED) is 0.268. The molecule has 10 heteroatoms. The third kappa shape index (κ3) is 3.56. The van der Waals surface area contributed by atoms with Gasteiger partial charge in [0, 0.05) is 0 Å². The number of hydrogen-bond donors (Lipinski definition) is 7. The lowest BCUT2D eigenvalue weighted by atomic mass is 10.0. The molecule has 2 saturated heterocycles. The Morgan fingerprint density at radius 1 is 0.773 bits per heavy atom. The molecule has 0 amide bonds. The van der Waals surface area contributed by atoms with Gasteiger partial charge in [-0.2, -0.15) is 0 Å². The van der Waals surface area contributed by atoms with Crippen LogP contribution in [0.15, 0.2) is 0 Å². The molecule has 0 bridgehead atoms. The van der Waals surface area contributed by atoms with Crippen LogP contribution in [0, 0.1) is 0 Å². The van der Waals surface area contributed by atoms with Crippen molar-refractivity contribution in [3.05, 3.63) is 0 Å². The standard InChI is InChI=1S/C12H22O9S/c13-1-4-7(15)9(17)6(3-20-4)22-12-11(19)10(18)8(16)5(2-14)21-12/h4-19H,1-3H2/t4-,5-,6-,7+,8+,9-,10+,11-,12+/m1/s1. The molecule has 7 N–H and O–H groups in total. The Balaban J connectivity index is 2.00. The highest BCUT2D eigenvalue weighted by Gasteiger charge is 2.47. The van der Waals surface area contributed by atoms with Crippen LogP contribution in [0.1, 0.15) is 0 Å². The maximum atomic E-state index is 10.0. The Morgan fingerprint density at radius 3 is 1.95 bits per heavy atom. The summed E-state index contributed by atoms with van der Waals surface area (Å²) in [5.41, 5.74) is -1.02. The Labute approximate surface area is 131 Å². The number of hydrogen-bond acceptors (Lipinski definition) is 10. The van der Waals surface area contributed by atoms with Gasteiger partial charge in [-0.25, -0.2) is 0 Å². The van der Waals surface area contributed by atoms with Crippen molar-refractivity contribution >= 4 is 11.8 Å². The lowest BCUT2D eigenvalue weighted by Gasteiger charge is -2.43. The van der Waals surface area contributed by atoms with Crippen molar-refractivity contribution in [3.8, 4) is 0 Å². The zero-order valence-electron chi connectivity index (χ0n) is 11.7. The van der Waals surface area contributed by atoms with E-state index in [2.05, 4.69) is 0 Å².